The van der Waals surface area contributed by atoms with Gasteiger partial charge in [-0.3, -0.25) is 0 Å². The number of hydrogen-bond donors (Lipinski definition) is 3. The Morgan fingerprint density at radius 2 is 2.08 bits per heavy atom. The fraction of sp³-hybridized carbons (Fsp3) is 0.333. The molecule has 0 fully saturated rings. The molecule has 0 aliphatic rings. The van der Waals surface area contributed by atoms with E-state index in [9.17, 15) is 0 Å². The van der Waals surface area contributed by atoms with Gasteiger partial charge in [0.2, 0.25) is 0 Å². The number of aliphatic hydroxyl groups excluding tert-OH is 1. The third-order valence-electron chi connectivity index (χ3n) is 1.62. The van der Waals surface area contributed by atoms with Crippen LogP contribution in [0.25, 0.3) is 0 Å². The summed E-state index contributed by atoms with van der Waals surface area (Å²) < 4.78 is 5.23. The van der Waals surface area contributed by atoms with Gasteiger partial charge in [0.15, 0.2) is 0 Å². The highest BCUT2D eigenvalue weighted by Crippen LogP contribution is 2.19. The fourth-order valence-electron chi connectivity index (χ4n) is 0.866. The lowest BCUT2D eigenvalue weighted by molar-refractivity contribution is 0.114. The predicted molar refractivity (Wildman–Crippen MR) is 51.4 cm³/mol. The smallest absolute Gasteiger partial charge is 0.142 e. The summed E-state index contributed by atoms with van der Waals surface area (Å²) in [5.41, 5.74) is 11.4. The molecule has 1 aromatic carbocycles. The number of aliphatic hydroxyl groups is 1. The van der Waals surface area contributed by atoms with E-state index in [-0.39, 0.29) is 13.2 Å². The highest BCUT2D eigenvalue weighted by Gasteiger charge is 2.03. The Morgan fingerprint density at radius 3 is 2.69 bits per heavy atom. The lowest BCUT2D eigenvalue weighted by Gasteiger charge is -2.11. The zero-order valence-corrected chi connectivity index (χ0v) is 7.31. The minimum absolute atomic E-state index is 0.171. The van der Waals surface area contributed by atoms with Gasteiger partial charge in [-0.15, -0.1) is 0 Å². The molecule has 1 rings (SSSR count). The van der Waals surface area contributed by atoms with E-state index in [1.54, 1.807) is 12.1 Å². The van der Waals surface area contributed by atoms with E-state index >= 15 is 0 Å². The van der Waals surface area contributed by atoms with Crippen molar-refractivity contribution >= 4 is 5.69 Å². The van der Waals surface area contributed by atoms with Crippen molar-refractivity contribution in [3.8, 4) is 5.75 Å². The summed E-state index contributed by atoms with van der Waals surface area (Å²) in [6.45, 7) is 0.359. The summed E-state index contributed by atoms with van der Waals surface area (Å²) in [6, 6.07) is 7.13. The van der Waals surface area contributed by atoms with Crippen LogP contribution in [0, 0.1) is 0 Å². The summed E-state index contributed by atoms with van der Waals surface area (Å²) >= 11 is 0. The lowest BCUT2D eigenvalue weighted by Crippen LogP contribution is -2.26. The van der Waals surface area contributed by atoms with Crippen LogP contribution in [0.3, 0.4) is 0 Å². The summed E-state index contributed by atoms with van der Waals surface area (Å²) in [4.78, 5) is 0. The van der Waals surface area contributed by atoms with E-state index in [0.717, 1.165) is 0 Å². The van der Waals surface area contributed by atoms with E-state index in [4.69, 9.17) is 21.3 Å². The first-order valence-electron chi connectivity index (χ1n) is 4.09. The van der Waals surface area contributed by atoms with Crippen LogP contribution in [-0.2, 0) is 0 Å². The summed E-state index contributed by atoms with van der Waals surface area (Å²) in [5, 5.41) is 9.12. The molecule has 4 nitrogen and oxygen atoms in total. The molecule has 0 aliphatic heterocycles. The number of hydrogen-bond acceptors (Lipinski definition) is 4. The highest BCUT2D eigenvalue weighted by atomic mass is 16.5. The maximum absolute atomic E-state index is 9.12. The van der Waals surface area contributed by atoms with Crippen molar-refractivity contribution in [2.24, 2.45) is 5.73 Å². The van der Waals surface area contributed by atoms with Crippen molar-refractivity contribution in [2.75, 3.05) is 18.9 Å². The van der Waals surface area contributed by atoms with E-state index in [2.05, 4.69) is 0 Å². The SMILES string of the molecule is NC[C@H](O)COc1ccccc1N. The Balaban J connectivity index is 2.50. The summed E-state index contributed by atoms with van der Waals surface area (Å²) in [7, 11) is 0. The van der Waals surface area contributed by atoms with Crippen molar-refractivity contribution in [2.45, 2.75) is 6.10 Å². The number of para-hydroxylation sites is 2. The summed E-state index contributed by atoms with van der Waals surface area (Å²) in [6.07, 6.45) is -0.639. The van der Waals surface area contributed by atoms with Crippen LogP contribution in [0.1, 0.15) is 0 Å². The Bertz CT molecular complexity index is 266. The Morgan fingerprint density at radius 1 is 1.38 bits per heavy atom. The number of ether oxygens (including phenoxy) is 1. The van der Waals surface area contributed by atoms with Gasteiger partial charge in [0.25, 0.3) is 0 Å². The van der Waals surface area contributed by atoms with E-state index in [1.807, 2.05) is 12.1 Å². The quantitative estimate of drug-likeness (QED) is 0.571. The molecular formula is C9H14N2O2. The maximum Gasteiger partial charge on any atom is 0.142 e. The molecular weight excluding hydrogens is 168 g/mol. The van der Waals surface area contributed by atoms with Crippen LogP contribution < -0.4 is 16.2 Å². The largest absolute Gasteiger partial charge is 0.489 e. The zero-order valence-electron chi connectivity index (χ0n) is 7.31. The molecule has 0 saturated carbocycles. The standard InChI is InChI=1S/C9H14N2O2/c10-5-7(12)6-13-9-4-2-1-3-8(9)11/h1-4,7,12H,5-6,10-11H2/t7-/m0/s1. The van der Waals surface area contributed by atoms with Crippen LogP contribution in [0.15, 0.2) is 24.3 Å². The fourth-order valence-corrected chi connectivity index (χ4v) is 0.866. The van der Waals surface area contributed by atoms with Crippen LogP contribution >= 0.6 is 0 Å². The molecule has 5 N–H and O–H groups in total. The Hall–Kier alpha value is -1.26. The van der Waals surface area contributed by atoms with E-state index in [1.165, 1.54) is 0 Å². The average molecular weight is 182 g/mol. The highest BCUT2D eigenvalue weighted by molar-refractivity contribution is 5.51. The number of nitrogens with two attached hydrogens (primary N) is 2. The Labute approximate surface area is 77.1 Å². The van der Waals surface area contributed by atoms with Crippen LogP contribution in [0.5, 0.6) is 5.75 Å². The maximum atomic E-state index is 9.12. The average Bonchev–Trinajstić information content (AvgIpc) is 2.16. The second-order valence-electron chi connectivity index (χ2n) is 2.74. The predicted octanol–water partition coefficient (Wildman–Crippen LogP) is -0.0328. The minimum Gasteiger partial charge on any atom is -0.489 e. The third kappa shape index (κ3) is 2.93. The van der Waals surface area contributed by atoms with Crippen LogP contribution in [-0.4, -0.2) is 24.4 Å². The zero-order chi connectivity index (χ0) is 9.68. The molecule has 13 heavy (non-hydrogen) atoms. The molecule has 0 aromatic heterocycles. The van der Waals surface area contributed by atoms with Crippen LogP contribution in [0.2, 0.25) is 0 Å². The van der Waals surface area contributed by atoms with E-state index < -0.39 is 6.10 Å². The van der Waals surface area contributed by atoms with Gasteiger partial charge in [-0.2, -0.15) is 0 Å². The number of nitrogen functional groups attached to an aromatic ring is 1. The van der Waals surface area contributed by atoms with E-state index in [0.29, 0.717) is 11.4 Å². The van der Waals surface area contributed by atoms with Gasteiger partial charge < -0.3 is 21.3 Å². The van der Waals surface area contributed by atoms with Crippen molar-refractivity contribution in [3.05, 3.63) is 24.3 Å². The lowest BCUT2D eigenvalue weighted by atomic mass is 10.3. The van der Waals surface area contributed by atoms with Gasteiger partial charge in [-0.05, 0) is 12.1 Å². The molecule has 0 bridgehead atoms. The minimum atomic E-state index is -0.639. The van der Waals surface area contributed by atoms with Crippen molar-refractivity contribution in [1.29, 1.82) is 0 Å². The summed E-state index contributed by atoms with van der Waals surface area (Å²) in [5.74, 6) is 0.579. The second kappa shape index (κ2) is 4.69. The number of rotatable bonds is 4. The normalized spacial score (nSPS) is 12.5. The third-order valence-corrected chi connectivity index (χ3v) is 1.62. The van der Waals surface area contributed by atoms with Gasteiger partial charge in [0, 0.05) is 6.54 Å². The molecule has 4 heteroatoms. The molecule has 0 radical (unpaired) electrons. The molecule has 0 heterocycles. The van der Waals surface area contributed by atoms with Gasteiger partial charge in [-0.1, -0.05) is 12.1 Å². The van der Waals surface area contributed by atoms with Gasteiger partial charge in [0.05, 0.1) is 5.69 Å². The first-order chi connectivity index (χ1) is 6.24. The van der Waals surface area contributed by atoms with Gasteiger partial charge >= 0.3 is 0 Å². The molecule has 0 saturated heterocycles. The molecule has 0 amide bonds. The molecule has 1 aromatic rings. The van der Waals surface area contributed by atoms with Crippen molar-refractivity contribution in [3.63, 3.8) is 0 Å². The molecule has 0 unspecified atom stereocenters. The monoisotopic (exact) mass is 182 g/mol. The first-order valence-corrected chi connectivity index (χ1v) is 4.09. The second-order valence-corrected chi connectivity index (χ2v) is 2.74. The van der Waals surface area contributed by atoms with Crippen molar-refractivity contribution < 1.29 is 9.84 Å². The Kier molecular flexibility index (Phi) is 3.54. The molecule has 72 valence electrons. The first kappa shape index (κ1) is 9.83. The topological polar surface area (TPSA) is 81.5 Å². The molecule has 0 spiro atoms. The number of benzene rings is 1. The molecule has 0 aliphatic carbocycles. The number of anilines is 1. The van der Waals surface area contributed by atoms with Crippen molar-refractivity contribution in [1.82, 2.24) is 0 Å². The van der Waals surface area contributed by atoms with Crippen LogP contribution in [0.4, 0.5) is 5.69 Å². The van der Waals surface area contributed by atoms with Gasteiger partial charge in [0.1, 0.15) is 18.5 Å². The molecule has 1 atom stereocenters. The van der Waals surface area contributed by atoms with Gasteiger partial charge in [-0.25, -0.2) is 0 Å².